The zero-order valence-corrected chi connectivity index (χ0v) is 10.3. The van der Waals surface area contributed by atoms with Crippen LogP contribution in [0.3, 0.4) is 0 Å². The lowest BCUT2D eigenvalue weighted by molar-refractivity contribution is -0.136. The van der Waals surface area contributed by atoms with Crippen molar-refractivity contribution in [3.8, 4) is 0 Å². The summed E-state index contributed by atoms with van der Waals surface area (Å²) in [5.74, 6) is -0.376. The van der Waals surface area contributed by atoms with Gasteiger partial charge in [0, 0.05) is 13.1 Å². The molecule has 0 spiro atoms. The molecule has 0 aliphatic carbocycles. The van der Waals surface area contributed by atoms with E-state index in [1.54, 1.807) is 0 Å². The number of alkyl halides is 3. The lowest BCUT2D eigenvalue weighted by atomic mass is 9.95. The first-order chi connectivity index (χ1) is 8.96. The number of carbonyl (C=O) groups is 1. The number of nitrogens with one attached hydrogen (secondary N) is 2. The van der Waals surface area contributed by atoms with Gasteiger partial charge in [-0.15, -0.1) is 0 Å². The van der Waals surface area contributed by atoms with Crippen molar-refractivity contribution < 1.29 is 18.0 Å². The highest BCUT2D eigenvalue weighted by Gasteiger charge is 2.28. The first kappa shape index (κ1) is 13.9. The van der Waals surface area contributed by atoms with Crippen molar-refractivity contribution in [2.45, 2.75) is 31.6 Å². The second-order valence-electron chi connectivity index (χ2n) is 4.56. The molecule has 1 heterocycles. The SMILES string of the molecule is O=C(NCCC(F)(F)F)C1Cc2ccccc2CN1. The van der Waals surface area contributed by atoms with Crippen molar-refractivity contribution in [2.75, 3.05) is 6.54 Å². The fourth-order valence-electron chi connectivity index (χ4n) is 2.09. The van der Waals surface area contributed by atoms with E-state index in [1.807, 2.05) is 24.3 Å². The van der Waals surface area contributed by atoms with Crippen LogP contribution in [0.4, 0.5) is 13.2 Å². The molecule has 1 unspecified atom stereocenters. The van der Waals surface area contributed by atoms with E-state index in [0.29, 0.717) is 13.0 Å². The summed E-state index contributed by atoms with van der Waals surface area (Å²) in [7, 11) is 0. The minimum absolute atomic E-state index is 0.373. The van der Waals surface area contributed by atoms with Crippen LogP contribution in [0.1, 0.15) is 17.5 Å². The van der Waals surface area contributed by atoms with Crippen LogP contribution in [0.2, 0.25) is 0 Å². The Kier molecular flexibility index (Phi) is 4.09. The Morgan fingerprint density at radius 1 is 1.32 bits per heavy atom. The molecule has 0 aromatic heterocycles. The second-order valence-corrected chi connectivity index (χ2v) is 4.56. The Labute approximate surface area is 109 Å². The van der Waals surface area contributed by atoms with Gasteiger partial charge in [-0.1, -0.05) is 24.3 Å². The number of benzene rings is 1. The molecule has 1 aliphatic heterocycles. The fraction of sp³-hybridized carbons (Fsp3) is 0.462. The number of fused-ring (bicyclic) bond motifs is 1. The Morgan fingerprint density at radius 2 is 2.00 bits per heavy atom. The Balaban J connectivity index is 1.85. The molecule has 104 valence electrons. The highest BCUT2D eigenvalue weighted by Crippen LogP contribution is 2.19. The fourth-order valence-corrected chi connectivity index (χ4v) is 2.09. The summed E-state index contributed by atoms with van der Waals surface area (Å²) < 4.78 is 35.9. The van der Waals surface area contributed by atoms with Gasteiger partial charge in [-0.2, -0.15) is 13.2 Å². The Bertz CT molecular complexity index is 459. The van der Waals surface area contributed by atoms with Crippen LogP contribution in [-0.2, 0) is 17.8 Å². The molecule has 2 N–H and O–H groups in total. The highest BCUT2D eigenvalue weighted by atomic mass is 19.4. The van der Waals surface area contributed by atoms with E-state index in [1.165, 1.54) is 0 Å². The topological polar surface area (TPSA) is 41.1 Å². The zero-order chi connectivity index (χ0) is 13.9. The maximum absolute atomic E-state index is 12.0. The number of carbonyl (C=O) groups excluding carboxylic acids is 1. The Morgan fingerprint density at radius 3 is 2.68 bits per heavy atom. The molecule has 0 radical (unpaired) electrons. The molecule has 1 atom stereocenters. The molecule has 6 heteroatoms. The maximum Gasteiger partial charge on any atom is 0.390 e. The normalized spacial score (nSPS) is 18.8. The smallest absolute Gasteiger partial charge is 0.354 e. The Hall–Kier alpha value is -1.56. The minimum atomic E-state index is -4.24. The first-order valence-corrected chi connectivity index (χ1v) is 6.10. The van der Waals surface area contributed by atoms with E-state index in [4.69, 9.17) is 0 Å². The number of amides is 1. The molecular formula is C13H15F3N2O. The zero-order valence-electron chi connectivity index (χ0n) is 10.3. The molecule has 1 aromatic rings. The standard InChI is InChI=1S/C13H15F3N2O/c14-13(15,16)5-6-17-12(19)11-7-9-3-1-2-4-10(9)8-18-11/h1-4,11,18H,5-8H2,(H,17,19). The predicted molar refractivity (Wildman–Crippen MR) is 64.5 cm³/mol. The van der Waals surface area contributed by atoms with Gasteiger partial charge >= 0.3 is 6.18 Å². The lowest BCUT2D eigenvalue weighted by Gasteiger charge is -2.25. The van der Waals surface area contributed by atoms with Crippen LogP contribution in [0.15, 0.2) is 24.3 Å². The van der Waals surface area contributed by atoms with E-state index in [9.17, 15) is 18.0 Å². The van der Waals surface area contributed by atoms with Crippen molar-refractivity contribution in [2.24, 2.45) is 0 Å². The molecule has 1 aromatic carbocycles. The van der Waals surface area contributed by atoms with E-state index in [0.717, 1.165) is 11.1 Å². The average molecular weight is 272 g/mol. The van der Waals surface area contributed by atoms with Crippen LogP contribution in [0, 0.1) is 0 Å². The van der Waals surface area contributed by atoms with Gasteiger partial charge in [0.05, 0.1) is 12.5 Å². The van der Waals surface area contributed by atoms with E-state index < -0.39 is 18.6 Å². The molecule has 0 bridgehead atoms. The van der Waals surface area contributed by atoms with Gasteiger partial charge in [0.15, 0.2) is 0 Å². The number of hydrogen-bond acceptors (Lipinski definition) is 2. The molecule has 1 aliphatic rings. The highest BCUT2D eigenvalue weighted by molar-refractivity contribution is 5.82. The van der Waals surface area contributed by atoms with Gasteiger partial charge in [0.1, 0.15) is 0 Å². The van der Waals surface area contributed by atoms with Crippen molar-refractivity contribution in [1.29, 1.82) is 0 Å². The second kappa shape index (κ2) is 5.61. The van der Waals surface area contributed by atoms with Crippen LogP contribution >= 0.6 is 0 Å². The summed E-state index contributed by atoms with van der Waals surface area (Å²) in [6.07, 6.45) is -4.73. The van der Waals surface area contributed by atoms with Crippen molar-refractivity contribution >= 4 is 5.91 Å². The van der Waals surface area contributed by atoms with E-state index in [2.05, 4.69) is 10.6 Å². The van der Waals surface area contributed by atoms with Gasteiger partial charge in [0.25, 0.3) is 0 Å². The van der Waals surface area contributed by atoms with Crippen molar-refractivity contribution in [1.82, 2.24) is 10.6 Å². The molecule has 3 nitrogen and oxygen atoms in total. The molecule has 19 heavy (non-hydrogen) atoms. The largest absolute Gasteiger partial charge is 0.390 e. The molecule has 1 amide bonds. The van der Waals surface area contributed by atoms with Crippen LogP contribution in [-0.4, -0.2) is 24.7 Å². The summed E-state index contributed by atoms with van der Waals surface area (Å²) in [5.41, 5.74) is 2.19. The van der Waals surface area contributed by atoms with E-state index >= 15 is 0 Å². The third-order valence-corrected chi connectivity index (χ3v) is 3.11. The molecule has 0 fully saturated rings. The summed E-state index contributed by atoms with van der Waals surface area (Å²) >= 11 is 0. The summed E-state index contributed by atoms with van der Waals surface area (Å²) in [5, 5.41) is 5.35. The third-order valence-electron chi connectivity index (χ3n) is 3.11. The van der Waals surface area contributed by atoms with Crippen molar-refractivity contribution in [3.63, 3.8) is 0 Å². The van der Waals surface area contributed by atoms with Crippen LogP contribution < -0.4 is 10.6 Å². The summed E-state index contributed by atoms with van der Waals surface area (Å²) in [6, 6.07) is 7.27. The monoisotopic (exact) mass is 272 g/mol. The lowest BCUT2D eigenvalue weighted by Crippen LogP contribution is -2.48. The predicted octanol–water partition coefficient (Wildman–Crippen LogP) is 1.77. The third kappa shape index (κ3) is 3.96. The van der Waals surface area contributed by atoms with Crippen LogP contribution in [0.25, 0.3) is 0 Å². The number of halogens is 3. The first-order valence-electron chi connectivity index (χ1n) is 6.10. The van der Waals surface area contributed by atoms with Gasteiger partial charge in [-0.25, -0.2) is 0 Å². The van der Waals surface area contributed by atoms with Gasteiger partial charge in [-0.05, 0) is 17.5 Å². The van der Waals surface area contributed by atoms with Gasteiger partial charge in [-0.3, -0.25) is 4.79 Å². The summed E-state index contributed by atoms with van der Waals surface area (Å²) in [6.45, 7) is 0.190. The average Bonchev–Trinajstić information content (AvgIpc) is 2.36. The van der Waals surface area contributed by atoms with Gasteiger partial charge in [0.2, 0.25) is 5.91 Å². The van der Waals surface area contributed by atoms with E-state index in [-0.39, 0.29) is 12.5 Å². The minimum Gasteiger partial charge on any atom is -0.354 e. The molecular weight excluding hydrogens is 257 g/mol. The summed E-state index contributed by atoms with van der Waals surface area (Å²) in [4.78, 5) is 11.8. The van der Waals surface area contributed by atoms with Crippen molar-refractivity contribution in [3.05, 3.63) is 35.4 Å². The molecule has 2 rings (SSSR count). The number of rotatable bonds is 3. The quantitative estimate of drug-likeness (QED) is 0.880. The molecule has 0 saturated carbocycles. The van der Waals surface area contributed by atoms with Gasteiger partial charge < -0.3 is 10.6 Å². The number of hydrogen-bond donors (Lipinski definition) is 2. The molecule has 0 saturated heterocycles. The van der Waals surface area contributed by atoms with Crippen LogP contribution in [0.5, 0.6) is 0 Å². The maximum atomic E-state index is 12.0.